The largest absolute Gasteiger partial charge is 0.391 e. The summed E-state index contributed by atoms with van der Waals surface area (Å²) in [6.07, 6.45) is 0. The molecule has 0 aromatic heterocycles. The molecule has 22 heavy (non-hydrogen) atoms. The SMILES string of the molecule is O=C(C[NH+]1CC[NH+](CCO)CC1)Nc1ccccc1[N+](=O)[O-]. The van der Waals surface area contributed by atoms with Crippen molar-refractivity contribution in [3.8, 4) is 0 Å². The molecular weight excluding hydrogens is 288 g/mol. The number of rotatable bonds is 6. The second-order valence-electron chi connectivity index (χ2n) is 5.47. The van der Waals surface area contributed by atoms with Crippen molar-refractivity contribution in [1.29, 1.82) is 0 Å². The summed E-state index contributed by atoms with van der Waals surface area (Å²) in [7, 11) is 0. The highest BCUT2D eigenvalue weighted by molar-refractivity contribution is 5.93. The van der Waals surface area contributed by atoms with Crippen LogP contribution in [0.15, 0.2) is 24.3 Å². The van der Waals surface area contributed by atoms with E-state index in [0.717, 1.165) is 37.6 Å². The van der Waals surface area contributed by atoms with Gasteiger partial charge < -0.3 is 20.2 Å². The number of aliphatic hydroxyl groups excluding tert-OH is 1. The quantitative estimate of drug-likeness (QED) is 0.339. The zero-order chi connectivity index (χ0) is 15.9. The number of anilines is 1. The molecule has 1 aliphatic heterocycles. The van der Waals surface area contributed by atoms with E-state index in [1.165, 1.54) is 17.0 Å². The van der Waals surface area contributed by atoms with Gasteiger partial charge in [0.1, 0.15) is 38.4 Å². The van der Waals surface area contributed by atoms with Crippen molar-refractivity contribution in [2.45, 2.75) is 0 Å². The summed E-state index contributed by atoms with van der Waals surface area (Å²) in [6.45, 7) is 4.81. The molecule has 8 nitrogen and oxygen atoms in total. The maximum Gasteiger partial charge on any atom is 0.292 e. The van der Waals surface area contributed by atoms with E-state index in [1.54, 1.807) is 12.1 Å². The Kier molecular flexibility index (Phi) is 5.82. The highest BCUT2D eigenvalue weighted by Crippen LogP contribution is 2.22. The number of amides is 1. The molecule has 1 aromatic carbocycles. The molecule has 1 aromatic rings. The first-order valence-corrected chi connectivity index (χ1v) is 7.41. The maximum absolute atomic E-state index is 12.1. The molecule has 0 aliphatic carbocycles. The van der Waals surface area contributed by atoms with Crippen LogP contribution in [0.3, 0.4) is 0 Å². The van der Waals surface area contributed by atoms with E-state index in [-0.39, 0.29) is 23.9 Å². The van der Waals surface area contributed by atoms with Crippen molar-refractivity contribution in [3.63, 3.8) is 0 Å². The van der Waals surface area contributed by atoms with Gasteiger partial charge in [0.05, 0.1) is 11.5 Å². The van der Waals surface area contributed by atoms with E-state index in [9.17, 15) is 14.9 Å². The van der Waals surface area contributed by atoms with Crippen LogP contribution in [0.1, 0.15) is 0 Å². The zero-order valence-electron chi connectivity index (χ0n) is 12.4. The summed E-state index contributed by atoms with van der Waals surface area (Å²) < 4.78 is 0. The number of benzene rings is 1. The number of carbonyl (C=O) groups excluding carboxylic acids is 1. The molecule has 1 heterocycles. The highest BCUT2D eigenvalue weighted by atomic mass is 16.6. The fraction of sp³-hybridized carbons (Fsp3) is 0.500. The van der Waals surface area contributed by atoms with Gasteiger partial charge in [-0.25, -0.2) is 0 Å². The molecule has 0 radical (unpaired) electrons. The smallest absolute Gasteiger partial charge is 0.292 e. The standard InChI is InChI=1S/C14H20N4O4/c19-10-9-16-5-7-17(8-6-16)11-14(20)15-12-3-1-2-4-13(12)18(21)22/h1-4,19H,5-11H2,(H,15,20)/p+2. The van der Waals surface area contributed by atoms with Crippen molar-refractivity contribution < 1.29 is 24.6 Å². The zero-order valence-corrected chi connectivity index (χ0v) is 12.4. The average Bonchev–Trinajstić information content (AvgIpc) is 2.50. The number of nitro benzene ring substituents is 1. The number of aliphatic hydroxyl groups is 1. The lowest BCUT2D eigenvalue weighted by atomic mass is 10.2. The van der Waals surface area contributed by atoms with Gasteiger partial charge >= 0.3 is 0 Å². The lowest BCUT2D eigenvalue weighted by Crippen LogP contribution is -3.28. The van der Waals surface area contributed by atoms with Crippen molar-refractivity contribution in [1.82, 2.24) is 0 Å². The predicted octanol–water partition coefficient (Wildman–Crippen LogP) is -2.69. The average molecular weight is 310 g/mol. The summed E-state index contributed by atoms with van der Waals surface area (Å²) in [5.74, 6) is -0.213. The Balaban J connectivity index is 1.85. The fourth-order valence-electron chi connectivity index (χ4n) is 2.70. The lowest BCUT2D eigenvalue weighted by Gasteiger charge is -2.28. The van der Waals surface area contributed by atoms with Crippen LogP contribution < -0.4 is 15.1 Å². The van der Waals surface area contributed by atoms with E-state index in [2.05, 4.69) is 5.32 Å². The van der Waals surface area contributed by atoms with Crippen LogP contribution in [0.25, 0.3) is 0 Å². The number of nitrogens with zero attached hydrogens (tertiary/aromatic N) is 1. The molecule has 8 heteroatoms. The lowest BCUT2D eigenvalue weighted by molar-refractivity contribution is -1.01. The van der Waals surface area contributed by atoms with Crippen molar-refractivity contribution >= 4 is 17.3 Å². The number of carbonyl (C=O) groups is 1. The molecule has 1 saturated heterocycles. The molecule has 1 fully saturated rings. The van der Waals surface area contributed by atoms with Gasteiger partial charge in [-0.3, -0.25) is 14.9 Å². The Morgan fingerprint density at radius 2 is 1.86 bits per heavy atom. The summed E-state index contributed by atoms with van der Waals surface area (Å²) in [4.78, 5) is 25.0. The molecule has 0 atom stereocenters. The molecule has 120 valence electrons. The second kappa shape index (κ2) is 7.83. The van der Waals surface area contributed by atoms with E-state index < -0.39 is 4.92 Å². The predicted molar refractivity (Wildman–Crippen MR) is 79.9 cm³/mol. The summed E-state index contributed by atoms with van der Waals surface area (Å²) in [5, 5.41) is 22.5. The third kappa shape index (κ3) is 4.48. The van der Waals surface area contributed by atoms with Gasteiger partial charge in [0.25, 0.3) is 11.6 Å². The van der Waals surface area contributed by atoms with Crippen LogP contribution >= 0.6 is 0 Å². The van der Waals surface area contributed by atoms with E-state index in [0.29, 0.717) is 6.54 Å². The van der Waals surface area contributed by atoms with Crippen LogP contribution in [0.5, 0.6) is 0 Å². The molecule has 1 amide bonds. The Bertz CT molecular complexity index is 529. The monoisotopic (exact) mass is 310 g/mol. The summed E-state index contributed by atoms with van der Waals surface area (Å²) in [5.41, 5.74) is 0.143. The van der Waals surface area contributed by atoms with E-state index in [1.807, 2.05) is 0 Å². The van der Waals surface area contributed by atoms with Gasteiger partial charge in [0.2, 0.25) is 0 Å². The third-order valence-electron chi connectivity index (χ3n) is 3.91. The van der Waals surface area contributed by atoms with Crippen molar-refractivity contribution in [2.24, 2.45) is 0 Å². The molecular formula is C14H22N4O4+2. The minimum atomic E-state index is -0.501. The van der Waals surface area contributed by atoms with Crippen molar-refractivity contribution in [2.75, 3.05) is 51.2 Å². The Hall–Kier alpha value is -2.03. The third-order valence-corrected chi connectivity index (χ3v) is 3.91. The van der Waals surface area contributed by atoms with Gasteiger partial charge in [-0.15, -0.1) is 0 Å². The minimum Gasteiger partial charge on any atom is -0.391 e. The highest BCUT2D eigenvalue weighted by Gasteiger charge is 2.25. The first kappa shape index (κ1) is 16.3. The molecule has 2 rings (SSSR count). The number of para-hydroxylation sites is 2. The van der Waals surface area contributed by atoms with Crippen LogP contribution in [-0.4, -0.2) is 61.8 Å². The topological polar surface area (TPSA) is 101 Å². The molecule has 0 spiro atoms. The van der Waals surface area contributed by atoms with Gasteiger partial charge in [0, 0.05) is 6.07 Å². The molecule has 4 N–H and O–H groups in total. The molecule has 1 aliphatic rings. The van der Waals surface area contributed by atoms with Crippen molar-refractivity contribution in [3.05, 3.63) is 34.4 Å². The van der Waals surface area contributed by atoms with Gasteiger partial charge in [-0.1, -0.05) is 12.1 Å². The van der Waals surface area contributed by atoms with Crippen LogP contribution in [-0.2, 0) is 4.79 Å². The molecule has 0 bridgehead atoms. The van der Waals surface area contributed by atoms with Crippen LogP contribution in [0.2, 0.25) is 0 Å². The molecule has 0 saturated carbocycles. The Morgan fingerprint density at radius 3 is 2.50 bits per heavy atom. The number of quaternary nitrogens is 2. The number of nitrogens with one attached hydrogen (secondary N) is 3. The fourth-order valence-corrected chi connectivity index (χ4v) is 2.70. The Labute approximate surface area is 128 Å². The van der Waals surface area contributed by atoms with Crippen LogP contribution in [0.4, 0.5) is 11.4 Å². The number of piperazine rings is 1. The van der Waals surface area contributed by atoms with Crippen LogP contribution in [0, 0.1) is 10.1 Å². The van der Waals surface area contributed by atoms with Gasteiger partial charge in [-0.05, 0) is 6.07 Å². The Morgan fingerprint density at radius 1 is 1.23 bits per heavy atom. The van der Waals surface area contributed by atoms with E-state index >= 15 is 0 Å². The number of hydrogen-bond donors (Lipinski definition) is 4. The second-order valence-corrected chi connectivity index (χ2v) is 5.47. The van der Waals surface area contributed by atoms with Gasteiger partial charge in [0.15, 0.2) is 6.54 Å². The first-order chi connectivity index (χ1) is 10.6. The summed E-state index contributed by atoms with van der Waals surface area (Å²) in [6, 6.07) is 6.14. The van der Waals surface area contributed by atoms with E-state index in [4.69, 9.17) is 5.11 Å². The molecule has 0 unspecified atom stereocenters. The normalized spacial score (nSPS) is 21.3. The maximum atomic E-state index is 12.1. The minimum absolute atomic E-state index is 0.0944. The summed E-state index contributed by atoms with van der Waals surface area (Å²) >= 11 is 0. The number of hydrogen-bond acceptors (Lipinski definition) is 4. The first-order valence-electron chi connectivity index (χ1n) is 7.41. The number of nitro groups is 1. The van der Waals surface area contributed by atoms with Gasteiger partial charge in [-0.2, -0.15) is 0 Å².